The number of aryl methyl sites for hydroxylation is 1. The molecule has 0 aliphatic carbocycles. The second-order valence-electron chi connectivity index (χ2n) is 8.01. The normalized spacial score (nSPS) is 12.9. The van der Waals surface area contributed by atoms with E-state index in [2.05, 4.69) is 24.0 Å². The molecule has 0 spiro atoms. The number of hydrogen-bond donors (Lipinski definition) is 0. The van der Waals surface area contributed by atoms with Crippen molar-refractivity contribution in [2.24, 2.45) is 0 Å². The molecule has 7 nitrogen and oxygen atoms in total. The topological polar surface area (TPSA) is 79.7 Å². The van der Waals surface area contributed by atoms with Crippen molar-refractivity contribution >= 4 is 27.5 Å². The Morgan fingerprint density at radius 2 is 2.03 bits per heavy atom. The zero-order valence-corrected chi connectivity index (χ0v) is 19.8. The zero-order valence-electron chi connectivity index (χ0n) is 19.0. The lowest BCUT2D eigenvalue weighted by molar-refractivity contribution is -0.0171. The van der Waals surface area contributed by atoms with Gasteiger partial charge in [-0.3, -0.25) is 9.36 Å². The number of ether oxygens (including phenoxy) is 3. The van der Waals surface area contributed by atoms with Crippen LogP contribution in [0, 0.1) is 0 Å². The van der Waals surface area contributed by atoms with Crippen molar-refractivity contribution < 1.29 is 19.0 Å². The minimum Gasteiger partial charge on any atom is -0.467 e. The van der Waals surface area contributed by atoms with Crippen LogP contribution in [0.1, 0.15) is 40.9 Å². The van der Waals surface area contributed by atoms with Crippen molar-refractivity contribution in [3.8, 4) is 16.9 Å². The smallest absolute Gasteiger partial charge is 0.338 e. The van der Waals surface area contributed by atoms with E-state index in [4.69, 9.17) is 14.2 Å². The van der Waals surface area contributed by atoms with Crippen LogP contribution < -0.4 is 10.3 Å². The molecule has 1 aliphatic heterocycles. The predicted octanol–water partition coefficient (Wildman–Crippen LogP) is 4.78. The largest absolute Gasteiger partial charge is 0.467 e. The van der Waals surface area contributed by atoms with Gasteiger partial charge >= 0.3 is 5.97 Å². The van der Waals surface area contributed by atoms with Crippen molar-refractivity contribution in [1.29, 1.82) is 0 Å². The van der Waals surface area contributed by atoms with Gasteiger partial charge in [0, 0.05) is 22.1 Å². The Morgan fingerprint density at radius 1 is 1.21 bits per heavy atom. The van der Waals surface area contributed by atoms with Crippen molar-refractivity contribution in [2.75, 3.05) is 13.4 Å². The summed E-state index contributed by atoms with van der Waals surface area (Å²) in [5.41, 5.74) is 4.83. The number of hydrogen-bond acceptors (Lipinski definition) is 7. The molecular weight excluding hydrogens is 452 g/mol. The second-order valence-corrected chi connectivity index (χ2v) is 8.87. The van der Waals surface area contributed by atoms with E-state index in [1.807, 2.05) is 17.5 Å². The molecule has 0 radical (unpaired) electrons. The molecule has 4 aromatic rings. The molecule has 0 atom stereocenters. The van der Waals surface area contributed by atoms with Gasteiger partial charge in [0.2, 0.25) is 0 Å². The number of carbonyl (C=O) groups is 1. The fraction of sp³-hybridized carbons (Fsp3) is 0.269. The van der Waals surface area contributed by atoms with Crippen LogP contribution in [-0.4, -0.2) is 28.9 Å². The molecule has 3 heterocycles. The first kappa shape index (κ1) is 22.3. The van der Waals surface area contributed by atoms with Crippen LogP contribution in [0.2, 0.25) is 0 Å². The molecule has 0 unspecified atom stereocenters. The monoisotopic (exact) mass is 476 g/mol. The molecule has 0 N–H and O–H groups in total. The predicted molar refractivity (Wildman–Crippen MR) is 130 cm³/mol. The summed E-state index contributed by atoms with van der Waals surface area (Å²) >= 11 is 1.46. The lowest BCUT2D eigenvalue weighted by Gasteiger charge is -2.22. The van der Waals surface area contributed by atoms with E-state index in [0.29, 0.717) is 33.7 Å². The third-order valence-electron chi connectivity index (χ3n) is 5.87. The molecule has 0 amide bonds. The van der Waals surface area contributed by atoms with Crippen molar-refractivity contribution in [1.82, 2.24) is 9.55 Å². The van der Waals surface area contributed by atoms with Crippen LogP contribution in [0.25, 0.3) is 21.3 Å². The van der Waals surface area contributed by atoms with E-state index in [1.165, 1.54) is 16.9 Å². The van der Waals surface area contributed by atoms with Crippen LogP contribution in [0.5, 0.6) is 5.75 Å². The first-order chi connectivity index (χ1) is 16.6. The van der Waals surface area contributed by atoms with E-state index in [9.17, 15) is 9.59 Å². The van der Waals surface area contributed by atoms with Crippen molar-refractivity contribution in [3.63, 3.8) is 0 Å². The van der Waals surface area contributed by atoms with Gasteiger partial charge in [-0.25, -0.2) is 9.78 Å². The summed E-state index contributed by atoms with van der Waals surface area (Å²) in [7, 11) is 0. The van der Waals surface area contributed by atoms with Crippen LogP contribution in [0.15, 0.2) is 52.9 Å². The van der Waals surface area contributed by atoms with Gasteiger partial charge < -0.3 is 14.2 Å². The highest BCUT2D eigenvalue weighted by Crippen LogP contribution is 2.33. The molecule has 2 aromatic heterocycles. The van der Waals surface area contributed by atoms with E-state index < -0.39 is 5.97 Å². The van der Waals surface area contributed by atoms with Crippen LogP contribution in [0.4, 0.5) is 0 Å². The molecule has 0 fully saturated rings. The molecule has 0 saturated carbocycles. The van der Waals surface area contributed by atoms with Crippen molar-refractivity contribution in [2.45, 2.75) is 33.4 Å². The van der Waals surface area contributed by atoms with Crippen LogP contribution in [0.3, 0.4) is 0 Å². The average Bonchev–Trinajstić information content (AvgIpc) is 3.31. The molecule has 0 saturated heterocycles. The minimum absolute atomic E-state index is 0.118. The molecule has 2 aromatic carbocycles. The number of carbonyl (C=O) groups excluding carboxylic acids is 1. The summed E-state index contributed by atoms with van der Waals surface area (Å²) in [5, 5.41) is 2.57. The van der Waals surface area contributed by atoms with Gasteiger partial charge in [0.25, 0.3) is 5.56 Å². The summed E-state index contributed by atoms with van der Waals surface area (Å²) < 4.78 is 17.9. The molecule has 174 valence electrons. The number of rotatable bonds is 6. The number of benzene rings is 2. The highest BCUT2D eigenvalue weighted by atomic mass is 32.1. The summed E-state index contributed by atoms with van der Waals surface area (Å²) in [6.45, 7) is 4.80. The third-order valence-corrected chi connectivity index (χ3v) is 6.76. The quantitative estimate of drug-likeness (QED) is 0.373. The summed E-state index contributed by atoms with van der Waals surface area (Å²) in [6.07, 6.45) is 2.51. The first-order valence-corrected chi connectivity index (χ1v) is 12.1. The average molecular weight is 477 g/mol. The number of esters is 1. The SMILES string of the molecule is CCOC(=O)c1cc2c(c(Cn3cnc4scc(-c5ccc(CC)cc5)c4c3=O)c1)OCOC2. The number of thiophene rings is 1. The Kier molecular flexibility index (Phi) is 6.17. The number of fused-ring (bicyclic) bond motifs is 2. The van der Waals surface area contributed by atoms with E-state index in [-0.39, 0.29) is 25.5 Å². The molecule has 1 aliphatic rings. The Morgan fingerprint density at radius 3 is 2.79 bits per heavy atom. The standard InChI is InChI=1S/C26H24N2O5S/c1-3-16-5-7-17(8-6-16)21-13-34-24-22(21)25(29)28(14-27-24)11-19-9-18(26(30)32-4-2)10-20-12-31-15-33-23(19)20/h5-10,13-14H,3-4,11-12,15H2,1-2H3. The van der Waals surface area contributed by atoms with Gasteiger partial charge in [0.15, 0.2) is 6.79 Å². The second kappa shape index (κ2) is 9.40. The van der Waals surface area contributed by atoms with E-state index in [0.717, 1.165) is 23.1 Å². The Balaban J connectivity index is 1.58. The fourth-order valence-electron chi connectivity index (χ4n) is 4.15. The van der Waals surface area contributed by atoms with Gasteiger partial charge in [-0.15, -0.1) is 11.3 Å². The maximum absolute atomic E-state index is 13.6. The first-order valence-electron chi connectivity index (χ1n) is 11.2. The molecule has 5 rings (SSSR count). The maximum atomic E-state index is 13.6. The fourth-order valence-corrected chi connectivity index (χ4v) is 5.05. The lowest BCUT2D eigenvalue weighted by atomic mass is 10.0. The lowest BCUT2D eigenvalue weighted by Crippen LogP contribution is -2.23. The maximum Gasteiger partial charge on any atom is 0.338 e. The Hall–Kier alpha value is -3.49. The van der Waals surface area contributed by atoms with Gasteiger partial charge in [-0.1, -0.05) is 31.2 Å². The van der Waals surface area contributed by atoms with Gasteiger partial charge in [0.1, 0.15) is 10.6 Å². The van der Waals surface area contributed by atoms with Gasteiger partial charge in [-0.05, 0) is 36.6 Å². The highest BCUT2D eigenvalue weighted by molar-refractivity contribution is 7.17. The van der Waals surface area contributed by atoms with E-state index in [1.54, 1.807) is 30.0 Å². The van der Waals surface area contributed by atoms with Gasteiger partial charge in [0.05, 0.1) is 37.0 Å². The highest BCUT2D eigenvalue weighted by Gasteiger charge is 2.21. The molecular formula is C26H24N2O5S. The summed E-state index contributed by atoms with van der Waals surface area (Å²) in [6, 6.07) is 11.7. The van der Waals surface area contributed by atoms with Crippen LogP contribution in [-0.2, 0) is 29.0 Å². The molecule has 8 heteroatoms. The van der Waals surface area contributed by atoms with E-state index >= 15 is 0 Å². The summed E-state index contributed by atoms with van der Waals surface area (Å²) in [5.74, 6) is 0.209. The summed E-state index contributed by atoms with van der Waals surface area (Å²) in [4.78, 5) is 31.2. The number of aromatic nitrogens is 2. The van der Waals surface area contributed by atoms with Gasteiger partial charge in [-0.2, -0.15) is 0 Å². The number of nitrogens with zero attached hydrogens (tertiary/aromatic N) is 2. The van der Waals surface area contributed by atoms with Crippen molar-refractivity contribution in [3.05, 3.63) is 80.7 Å². The van der Waals surface area contributed by atoms with Crippen LogP contribution >= 0.6 is 11.3 Å². The Labute approximate surface area is 200 Å². The minimum atomic E-state index is -0.423. The molecule has 0 bridgehead atoms. The third kappa shape index (κ3) is 4.10. The Bertz CT molecular complexity index is 1420. The zero-order chi connectivity index (χ0) is 23.7. The molecule has 34 heavy (non-hydrogen) atoms.